The molecule has 0 aliphatic heterocycles. The van der Waals surface area contributed by atoms with Gasteiger partial charge >= 0.3 is 18.0 Å². The fourth-order valence-corrected chi connectivity index (χ4v) is 1.29. The molecule has 0 saturated heterocycles. The summed E-state index contributed by atoms with van der Waals surface area (Å²) in [6.07, 6.45) is 2.58. The number of aromatic amines is 1. The molecule has 9 heteroatoms. The molecule has 104 valence electrons. The molecular formula is C10H14N4O5. The maximum absolute atomic E-state index is 11.4. The van der Waals surface area contributed by atoms with E-state index >= 15 is 0 Å². The monoisotopic (exact) mass is 270 g/mol. The second kappa shape index (κ2) is 6.99. The van der Waals surface area contributed by atoms with Crippen LogP contribution < -0.4 is 10.6 Å². The van der Waals surface area contributed by atoms with Crippen LogP contribution in [0.15, 0.2) is 12.4 Å². The molecule has 1 atom stereocenters. The molecule has 1 heterocycles. The third-order valence-corrected chi connectivity index (χ3v) is 2.22. The summed E-state index contributed by atoms with van der Waals surface area (Å²) in [6, 6.07) is -1.94. The number of hydrogen-bond donors (Lipinski definition) is 5. The number of carbonyl (C=O) groups is 3. The molecule has 0 bridgehead atoms. The number of carboxylic acid groups (broad SMARTS) is 2. The minimum atomic E-state index is -1.28. The van der Waals surface area contributed by atoms with E-state index in [9.17, 15) is 14.4 Å². The predicted octanol–water partition coefficient (Wildman–Crippen LogP) is -0.473. The first-order chi connectivity index (χ1) is 8.99. The molecule has 0 spiro atoms. The van der Waals surface area contributed by atoms with Crippen molar-refractivity contribution < 1.29 is 24.6 Å². The number of H-pyrrole nitrogens is 1. The van der Waals surface area contributed by atoms with Crippen molar-refractivity contribution in [1.82, 2.24) is 20.6 Å². The van der Waals surface area contributed by atoms with Gasteiger partial charge in [-0.1, -0.05) is 0 Å². The molecule has 9 nitrogen and oxygen atoms in total. The van der Waals surface area contributed by atoms with Crippen molar-refractivity contribution in [3.63, 3.8) is 0 Å². The Morgan fingerprint density at radius 1 is 1.37 bits per heavy atom. The molecule has 0 fully saturated rings. The van der Waals surface area contributed by atoms with Crippen LogP contribution in [0.1, 0.15) is 18.7 Å². The van der Waals surface area contributed by atoms with E-state index in [0.717, 1.165) is 0 Å². The minimum Gasteiger partial charge on any atom is -0.481 e. The van der Waals surface area contributed by atoms with Crippen LogP contribution in [-0.4, -0.2) is 44.2 Å². The molecule has 0 unspecified atom stereocenters. The number of amides is 2. The van der Waals surface area contributed by atoms with Gasteiger partial charge in [-0.2, -0.15) is 0 Å². The van der Waals surface area contributed by atoms with Crippen LogP contribution in [-0.2, 0) is 16.1 Å². The third kappa shape index (κ3) is 5.52. The van der Waals surface area contributed by atoms with Crippen molar-refractivity contribution >= 4 is 18.0 Å². The summed E-state index contributed by atoms with van der Waals surface area (Å²) >= 11 is 0. The highest BCUT2D eigenvalue weighted by molar-refractivity contribution is 5.82. The Kier molecular flexibility index (Phi) is 5.33. The lowest BCUT2D eigenvalue weighted by molar-refractivity contribution is -0.140. The van der Waals surface area contributed by atoms with Crippen LogP contribution in [0.2, 0.25) is 0 Å². The summed E-state index contributed by atoms with van der Waals surface area (Å²) in [6.45, 7) is 0.115. The van der Waals surface area contributed by atoms with Crippen LogP contribution in [0, 0.1) is 0 Å². The fraction of sp³-hybridized carbons (Fsp3) is 0.400. The van der Waals surface area contributed by atoms with Crippen LogP contribution in [0.25, 0.3) is 0 Å². The summed E-state index contributed by atoms with van der Waals surface area (Å²) in [7, 11) is 0. The molecule has 0 saturated carbocycles. The highest BCUT2D eigenvalue weighted by atomic mass is 16.4. The number of nitrogens with one attached hydrogen (secondary N) is 3. The predicted molar refractivity (Wildman–Crippen MR) is 62.3 cm³/mol. The number of nitrogens with zero attached hydrogens (tertiary/aromatic N) is 1. The zero-order valence-electron chi connectivity index (χ0n) is 9.92. The van der Waals surface area contributed by atoms with E-state index in [1.165, 1.54) is 6.20 Å². The average molecular weight is 270 g/mol. The van der Waals surface area contributed by atoms with E-state index in [0.29, 0.717) is 5.82 Å². The van der Waals surface area contributed by atoms with E-state index in [4.69, 9.17) is 10.2 Å². The number of urea groups is 1. The van der Waals surface area contributed by atoms with Gasteiger partial charge in [-0.15, -0.1) is 0 Å². The molecule has 2 amide bonds. The van der Waals surface area contributed by atoms with E-state index < -0.39 is 24.0 Å². The first-order valence-electron chi connectivity index (χ1n) is 5.46. The summed E-state index contributed by atoms with van der Waals surface area (Å²) in [4.78, 5) is 39.2. The SMILES string of the molecule is O=C(O)CC[C@@H](NC(=O)NCc1ncc[nH]1)C(=O)O. The van der Waals surface area contributed by atoms with Crippen LogP contribution in [0.4, 0.5) is 4.79 Å². The van der Waals surface area contributed by atoms with Gasteiger partial charge in [0.15, 0.2) is 0 Å². The molecule has 0 radical (unpaired) electrons. The summed E-state index contributed by atoms with van der Waals surface area (Å²) in [5.41, 5.74) is 0. The molecule has 19 heavy (non-hydrogen) atoms. The first kappa shape index (κ1) is 14.5. The van der Waals surface area contributed by atoms with Crippen molar-refractivity contribution in [1.29, 1.82) is 0 Å². The third-order valence-electron chi connectivity index (χ3n) is 2.22. The van der Waals surface area contributed by atoms with E-state index in [2.05, 4.69) is 20.6 Å². The van der Waals surface area contributed by atoms with Crippen molar-refractivity contribution in [3.05, 3.63) is 18.2 Å². The topological polar surface area (TPSA) is 144 Å². The van der Waals surface area contributed by atoms with Gasteiger partial charge in [0.2, 0.25) is 0 Å². The Balaban J connectivity index is 2.38. The zero-order valence-corrected chi connectivity index (χ0v) is 9.92. The minimum absolute atomic E-state index is 0.115. The van der Waals surface area contributed by atoms with E-state index in [-0.39, 0.29) is 19.4 Å². The van der Waals surface area contributed by atoms with Gasteiger partial charge < -0.3 is 25.8 Å². The highest BCUT2D eigenvalue weighted by Gasteiger charge is 2.20. The number of carboxylic acids is 2. The smallest absolute Gasteiger partial charge is 0.326 e. The number of hydrogen-bond acceptors (Lipinski definition) is 4. The van der Waals surface area contributed by atoms with Gasteiger partial charge in [0.05, 0.1) is 6.54 Å². The number of aromatic nitrogens is 2. The number of imidazole rings is 1. The summed E-state index contributed by atoms with van der Waals surface area (Å²) in [5, 5.41) is 21.9. The summed E-state index contributed by atoms with van der Waals surface area (Å²) in [5.74, 6) is -1.88. The maximum atomic E-state index is 11.4. The van der Waals surface area contributed by atoms with Gasteiger partial charge in [-0.25, -0.2) is 14.6 Å². The van der Waals surface area contributed by atoms with Gasteiger partial charge in [0.25, 0.3) is 0 Å². The average Bonchev–Trinajstić information content (AvgIpc) is 2.84. The number of rotatable bonds is 7. The zero-order chi connectivity index (χ0) is 14.3. The van der Waals surface area contributed by atoms with Crippen molar-refractivity contribution in [3.8, 4) is 0 Å². The van der Waals surface area contributed by atoms with Crippen LogP contribution in [0.3, 0.4) is 0 Å². The Morgan fingerprint density at radius 2 is 2.11 bits per heavy atom. The summed E-state index contributed by atoms with van der Waals surface area (Å²) < 4.78 is 0. The lowest BCUT2D eigenvalue weighted by atomic mass is 10.1. The Hall–Kier alpha value is -2.58. The molecular weight excluding hydrogens is 256 g/mol. The lowest BCUT2D eigenvalue weighted by Gasteiger charge is -2.13. The van der Waals surface area contributed by atoms with E-state index in [1.807, 2.05) is 0 Å². The maximum Gasteiger partial charge on any atom is 0.326 e. The lowest BCUT2D eigenvalue weighted by Crippen LogP contribution is -2.46. The Bertz CT molecular complexity index is 445. The normalized spacial score (nSPS) is 11.6. The van der Waals surface area contributed by atoms with Crippen LogP contribution in [0.5, 0.6) is 0 Å². The Labute approximate surface area is 108 Å². The van der Waals surface area contributed by atoms with Crippen molar-refractivity contribution in [2.75, 3.05) is 0 Å². The quantitative estimate of drug-likeness (QED) is 0.453. The Morgan fingerprint density at radius 3 is 2.63 bits per heavy atom. The molecule has 0 aromatic carbocycles. The number of carbonyl (C=O) groups excluding carboxylic acids is 1. The largest absolute Gasteiger partial charge is 0.481 e. The fourth-order valence-electron chi connectivity index (χ4n) is 1.29. The molecule has 1 aromatic heterocycles. The van der Waals surface area contributed by atoms with Gasteiger partial charge in [0, 0.05) is 18.8 Å². The molecule has 1 rings (SSSR count). The molecule has 5 N–H and O–H groups in total. The van der Waals surface area contributed by atoms with E-state index in [1.54, 1.807) is 6.20 Å². The van der Waals surface area contributed by atoms with Crippen LogP contribution >= 0.6 is 0 Å². The first-order valence-corrected chi connectivity index (χ1v) is 5.46. The van der Waals surface area contributed by atoms with Gasteiger partial charge in [-0.3, -0.25) is 4.79 Å². The van der Waals surface area contributed by atoms with Crippen molar-refractivity contribution in [2.24, 2.45) is 0 Å². The number of aliphatic carboxylic acids is 2. The van der Waals surface area contributed by atoms with Gasteiger partial charge in [0.1, 0.15) is 11.9 Å². The van der Waals surface area contributed by atoms with Gasteiger partial charge in [-0.05, 0) is 6.42 Å². The molecule has 1 aromatic rings. The standard InChI is InChI=1S/C10H14N4O5/c15-8(16)2-1-6(9(17)18)14-10(19)13-5-7-11-3-4-12-7/h3-4,6H,1-2,5H2,(H,11,12)(H,15,16)(H,17,18)(H2,13,14,19)/t6-/m1/s1. The highest BCUT2D eigenvalue weighted by Crippen LogP contribution is 1.98. The second-order valence-corrected chi connectivity index (χ2v) is 3.69. The second-order valence-electron chi connectivity index (χ2n) is 3.69. The van der Waals surface area contributed by atoms with Crippen molar-refractivity contribution in [2.45, 2.75) is 25.4 Å². The molecule has 0 aliphatic carbocycles. The molecule has 0 aliphatic rings.